The van der Waals surface area contributed by atoms with E-state index in [1.807, 2.05) is 17.8 Å². The maximum absolute atomic E-state index is 11.0. The largest absolute Gasteiger partial charge is 0.383 e. The minimum Gasteiger partial charge on any atom is -0.383 e. The monoisotopic (exact) mass is 305 g/mol. The van der Waals surface area contributed by atoms with Crippen molar-refractivity contribution in [3.8, 4) is 6.07 Å². The number of nitrogens with zero attached hydrogens (tertiary/aromatic N) is 2. The summed E-state index contributed by atoms with van der Waals surface area (Å²) in [5, 5.41) is 23.2. The molecule has 1 N–H and O–H groups in total. The van der Waals surface area contributed by atoms with E-state index in [9.17, 15) is 10.1 Å². The lowest BCUT2D eigenvalue weighted by Gasteiger charge is -2.36. The molecule has 112 valence electrons. The Labute approximate surface area is 128 Å². The minimum absolute atomic E-state index is 0.0998. The van der Waals surface area contributed by atoms with E-state index < -0.39 is 4.92 Å². The third-order valence-electron chi connectivity index (χ3n) is 4.13. The fourth-order valence-corrected chi connectivity index (χ4v) is 3.71. The molecule has 0 amide bonds. The van der Waals surface area contributed by atoms with Gasteiger partial charge in [-0.3, -0.25) is 10.1 Å². The molecule has 1 aromatic carbocycles. The van der Waals surface area contributed by atoms with Gasteiger partial charge in [0.2, 0.25) is 0 Å². The minimum atomic E-state index is -0.505. The number of nitro benzene ring substituents is 1. The average molecular weight is 305 g/mol. The number of nitro groups is 1. The summed E-state index contributed by atoms with van der Waals surface area (Å²) in [6.45, 7) is 0.803. The van der Waals surface area contributed by atoms with E-state index in [-0.39, 0.29) is 16.0 Å². The first-order valence-electron chi connectivity index (χ1n) is 7.08. The molecule has 1 fully saturated rings. The Hall–Kier alpha value is -1.74. The van der Waals surface area contributed by atoms with Gasteiger partial charge in [0.05, 0.1) is 4.92 Å². The zero-order valence-electron chi connectivity index (χ0n) is 12.1. The normalized spacial score (nSPS) is 17.0. The van der Waals surface area contributed by atoms with E-state index >= 15 is 0 Å². The second-order valence-corrected chi connectivity index (χ2v) is 6.68. The van der Waals surface area contributed by atoms with Gasteiger partial charge in [0, 0.05) is 23.0 Å². The Morgan fingerprint density at radius 1 is 1.43 bits per heavy atom. The van der Waals surface area contributed by atoms with Crippen LogP contribution < -0.4 is 5.32 Å². The number of hydrogen-bond acceptors (Lipinski definition) is 5. The van der Waals surface area contributed by atoms with Gasteiger partial charge in [0.25, 0.3) is 5.69 Å². The molecule has 1 saturated carbocycles. The number of benzene rings is 1. The fourth-order valence-electron chi connectivity index (χ4n) is 2.80. The smallest absolute Gasteiger partial charge is 0.289 e. The predicted molar refractivity (Wildman–Crippen MR) is 85.6 cm³/mol. The molecule has 0 radical (unpaired) electrons. The van der Waals surface area contributed by atoms with Crippen LogP contribution in [0.3, 0.4) is 0 Å². The molecule has 1 aromatic rings. The van der Waals surface area contributed by atoms with Crippen molar-refractivity contribution in [1.82, 2.24) is 0 Å². The molecule has 1 aliphatic rings. The third-order valence-corrected chi connectivity index (χ3v) is 5.55. The topological polar surface area (TPSA) is 79.0 Å². The van der Waals surface area contributed by atoms with Crippen molar-refractivity contribution in [1.29, 1.82) is 5.26 Å². The second kappa shape index (κ2) is 6.81. The Bertz CT molecular complexity index is 563. The van der Waals surface area contributed by atoms with Crippen molar-refractivity contribution < 1.29 is 4.92 Å². The molecular formula is C15H19N3O2S. The van der Waals surface area contributed by atoms with Gasteiger partial charge in [0.15, 0.2) is 0 Å². The van der Waals surface area contributed by atoms with Crippen LogP contribution in [-0.4, -0.2) is 22.5 Å². The maximum Gasteiger partial charge on any atom is 0.289 e. The first-order valence-corrected chi connectivity index (χ1v) is 8.30. The summed E-state index contributed by atoms with van der Waals surface area (Å²) in [6, 6.07) is 6.55. The zero-order valence-corrected chi connectivity index (χ0v) is 12.9. The highest BCUT2D eigenvalue weighted by Crippen LogP contribution is 2.38. The summed E-state index contributed by atoms with van der Waals surface area (Å²) in [5.41, 5.74) is 0.673. The molecule has 0 saturated heterocycles. The molecule has 21 heavy (non-hydrogen) atoms. The number of nitrogens with one attached hydrogen (secondary N) is 1. The van der Waals surface area contributed by atoms with E-state index in [0.29, 0.717) is 5.69 Å². The highest BCUT2D eigenvalue weighted by molar-refractivity contribution is 8.00. The van der Waals surface area contributed by atoms with Gasteiger partial charge in [0.1, 0.15) is 11.6 Å². The highest BCUT2D eigenvalue weighted by Gasteiger charge is 2.31. The van der Waals surface area contributed by atoms with Crippen LogP contribution >= 0.6 is 11.8 Å². The first kappa shape index (κ1) is 15.6. The average Bonchev–Trinajstić information content (AvgIpc) is 2.53. The fraction of sp³-hybridized carbons (Fsp3) is 0.533. The summed E-state index contributed by atoms with van der Waals surface area (Å²) < 4.78 is 0.223. The van der Waals surface area contributed by atoms with E-state index in [1.165, 1.54) is 44.2 Å². The molecule has 2 rings (SSSR count). The van der Waals surface area contributed by atoms with Gasteiger partial charge >= 0.3 is 0 Å². The van der Waals surface area contributed by atoms with Crippen LogP contribution in [-0.2, 0) is 0 Å². The van der Waals surface area contributed by atoms with Gasteiger partial charge in [-0.05, 0) is 31.2 Å². The maximum atomic E-state index is 11.0. The SMILES string of the molecule is CSC1(CNc2ccc(C#N)c([N+](=O)[O-])c2)CCCCC1. The van der Waals surface area contributed by atoms with Crippen molar-refractivity contribution in [3.05, 3.63) is 33.9 Å². The van der Waals surface area contributed by atoms with Crippen LogP contribution in [0.4, 0.5) is 11.4 Å². The Morgan fingerprint density at radius 2 is 2.14 bits per heavy atom. The van der Waals surface area contributed by atoms with Gasteiger partial charge in [-0.2, -0.15) is 17.0 Å². The number of nitriles is 1. The van der Waals surface area contributed by atoms with E-state index in [4.69, 9.17) is 5.26 Å². The second-order valence-electron chi connectivity index (χ2n) is 5.40. The van der Waals surface area contributed by atoms with Crippen molar-refractivity contribution >= 4 is 23.1 Å². The molecular weight excluding hydrogens is 286 g/mol. The van der Waals surface area contributed by atoms with Gasteiger partial charge in [-0.15, -0.1) is 0 Å². The number of rotatable bonds is 5. The third kappa shape index (κ3) is 3.67. The van der Waals surface area contributed by atoms with E-state index in [0.717, 1.165) is 6.54 Å². The molecule has 0 bridgehead atoms. The lowest BCUT2D eigenvalue weighted by molar-refractivity contribution is -0.385. The molecule has 0 atom stereocenters. The molecule has 1 aliphatic carbocycles. The van der Waals surface area contributed by atoms with Crippen molar-refractivity contribution in [2.24, 2.45) is 0 Å². The van der Waals surface area contributed by atoms with E-state index in [2.05, 4.69) is 11.6 Å². The summed E-state index contributed by atoms with van der Waals surface area (Å²) in [7, 11) is 0. The lowest BCUT2D eigenvalue weighted by atomic mass is 9.88. The summed E-state index contributed by atoms with van der Waals surface area (Å²) in [5.74, 6) is 0. The van der Waals surface area contributed by atoms with Crippen molar-refractivity contribution in [2.45, 2.75) is 36.9 Å². The summed E-state index contributed by atoms with van der Waals surface area (Å²) in [6.07, 6.45) is 8.28. The Morgan fingerprint density at radius 3 is 2.71 bits per heavy atom. The molecule has 5 nitrogen and oxygen atoms in total. The van der Waals surface area contributed by atoms with Crippen LogP contribution in [0.2, 0.25) is 0 Å². The molecule has 0 heterocycles. The van der Waals surface area contributed by atoms with Crippen LogP contribution in [0, 0.1) is 21.4 Å². The zero-order chi connectivity index (χ0) is 15.3. The number of anilines is 1. The van der Waals surface area contributed by atoms with E-state index in [1.54, 1.807) is 6.07 Å². The van der Waals surface area contributed by atoms with Crippen molar-refractivity contribution in [3.63, 3.8) is 0 Å². The Kier molecular flexibility index (Phi) is 5.07. The Balaban J connectivity index is 2.11. The standard InChI is InChI=1S/C15H19N3O2S/c1-21-15(7-3-2-4-8-15)11-17-13-6-5-12(10-16)14(9-13)18(19)20/h5-6,9,17H,2-4,7-8,11H2,1H3. The molecule has 0 aliphatic heterocycles. The predicted octanol–water partition coefficient (Wildman–Crippen LogP) is 3.94. The van der Waals surface area contributed by atoms with Crippen LogP contribution in [0.25, 0.3) is 0 Å². The quantitative estimate of drug-likeness (QED) is 0.658. The summed E-state index contributed by atoms with van der Waals surface area (Å²) in [4.78, 5) is 10.5. The van der Waals surface area contributed by atoms with Crippen LogP contribution in [0.5, 0.6) is 0 Å². The lowest BCUT2D eigenvalue weighted by Crippen LogP contribution is -2.35. The summed E-state index contributed by atoms with van der Waals surface area (Å²) >= 11 is 1.88. The number of thioether (sulfide) groups is 1. The van der Waals surface area contributed by atoms with Gasteiger partial charge < -0.3 is 5.32 Å². The first-order chi connectivity index (χ1) is 10.1. The van der Waals surface area contributed by atoms with Crippen LogP contribution in [0.15, 0.2) is 18.2 Å². The molecule has 0 aromatic heterocycles. The molecule has 0 unspecified atom stereocenters. The highest BCUT2D eigenvalue weighted by atomic mass is 32.2. The number of hydrogen-bond donors (Lipinski definition) is 1. The van der Waals surface area contributed by atoms with Gasteiger partial charge in [-0.1, -0.05) is 19.3 Å². The van der Waals surface area contributed by atoms with Crippen LogP contribution in [0.1, 0.15) is 37.7 Å². The van der Waals surface area contributed by atoms with Gasteiger partial charge in [-0.25, -0.2) is 0 Å². The van der Waals surface area contributed by atoms with Crippen molar-refractivity contribution in [2.75, 3.05) is 18.1 Å². The molecule has 0 spiro atoms. The molecule has 6 heteroatoms.